The second-order valence-corrected chi connectivity index (χ2v) is 9.58. The highest BCUT2D eigenvalue weighted by Crippen LogP contribution is 2.26. The van der Waals surface area contributed by atoms with E-state index in [9.17, 15) is 14.5 Å². The maximum Gasteiger partial charge on any atom is 0.187 e. The summed E-state index contributed by atoms with van der Waals surface area (Å²) in [5.41, 5.74) is 1.84. The number of halogens is 1. The lowest BCUT2D eigenvalue weighted by Gasteiger charge is -2.18. The molecule has 0 fully saturated rings. The summed E-state index contributed by atoms with van der Waals surface area (Å²) in [6.45, 7) is 3.49. The van der Waals surface area contributed by atoms with Gasteiger partial charge >= 0.3 is 0 Å². The Hall–Kier alpha value is -2.61. The zero-order chi connectivity index (χ0) is 23.1. The van der Waals surface area contributed by atoms with E-state index in [1.54, 1.807) is 62.4 Å². The fraction of sp³-hybridized carbons (Fsp3) is 0.160. The highest BCUT2D eigenvalue weighted by atomic mass is 35.5. The number of allylic oxidation sites excluding steroid dienone is 1. The van der Waals surface area contributed by atoms with Gasteiger partial charge in [-0.3, -0.25) is 4.79 Å². The van der Waals surface area contributed by atoms with Gasteiger partial charge in [-0.2, -0.15) is 0 Å². The Bertz CT molecular complexity index is 1080. The Labute approximate surface area is 196 Å². The van der Waals surface area contributed by atoms with Crippen LogP contribution in [0.3, 0.4) is 0 Å². The van der Waals surface area contributed by atoms with Crippen molar-refractivity contribution >= 4 is 46.2 Å². The molecule has 1 unspecified atom stereocenters. The van der Waals surface area contributed by atoms with Gasteiger partial charge in [0.25, 0.3) is 0 Å². The van der Waals surface area contributed by atoms with E-state index in [0.29, 0.717) is 21.2 Å². The minimum Gasteiger partial charge on any atom is -0.593 e. The van der Waals surface area contributed by atoms with Gasteiger partial charge in [0, 0.05) is 16.3 Å². The van der Waals surface area contributed by atoms with Crippen molar-refractivity contribution in [2.24, 2.45) is 0 Å². The summed E-state index contributed by atoms with van der Waals surface area (Å²) < 4.78 is 15.1. The van der Waals surface area contributed by atoms with Crippen LogP contribution < -0.4 is 10.0 Å². The van der Waals surface area contributed by atoms with Crippen molar-refractivity contribution in [1.29, 1.82) is 0 Å². The zero-order valence-electron chi connectivity index (χ0n) is 17.8. The van der Waals surface area contributed by atoms with E-state index in [0.717, 1.165) is 11.3 Å². The van der Waals surface area contributed by atoms with Crippen molar-refractivity contribution in [2.45, 2.75) is 24.3 Å². The van der Waals surface area contributed by atoms with Crippen LogP contribution in [0.1, 0.15) is 29.8 Å². The maximum atomic E-state index is 12.8. The highest BCUT2D eigenvalue weighted by molar-refractivity contribution is 7.89. The summed E-state index contributed by atoms with van der Waals surface area (Å²) in [4.78, 5) is 13.4. The molecule has 0 saturated carbocycles. The molecule has 0 aromatic heterocycles. The molecule has 0 saturated heterocycles. The van der Waals surface area contributed by atoms with E-state index in [-0.39, 0.29) is 12.3 Å². The van der Waals surface area contributed by atoms with E-state index in [1.165, 1.54) is 6.08 Å². The number of anilines is 2. The van der Waals surface area contributed by atoms with Crippen LogP contribution in [0.15, 0.2) is 83.8 Å². The molecule has 3 aromatic rings. The lowest BCUT2D eigenvalue weighted by atomic mass is 10.1. The monoisotopic (exact) mass is 468 g/mol. The molecule has 7 heteroatoms. The third kappa shape index (κ3) is 7.22. The number of para-hydroxylation sites is 1. The van der Waals surface area contributed by atoms with Crippen LogP contribution in [0.4, 0.5) is 11.4 Å². The van der Waals surface area contributed by atoms with Gasteiger partial charge in [-0.1, -0.05) is 35.9 Å². The maximum absolute atomic E-state index is 12.8. The molecule has 0 spiro atoms. The van der Waals surface area contributed by atoms with Crippen LogP contribution in [0.25, 0.3) is 6.08 Å². The molecule has 5 nitrogen and oxygen atoms in total. The fourth-order valence-corrected chi connectivity index (χ4v) is 4.01. The Morgan fingerprint density at radius 1 is 1.09 bits per heavy atom. The second kappa shape index (κ2) is 10.8. The molecule has 3 N–H and O–H groups in total. The number of carbonyl (C=O) groups excluding carboxylic acids is 1. The van der Waals surface area contributed by atoms with Crippen LogP contribution in [0.5, 0.6) is 0 Å². The number of carbonyl (C=O) groups is 1. The molecule has 0 aliphatic carbocycles. The zero-order valence-corrected chi connectivity index (χ0v) is 19.4. The number of rotatable bonds is 9. The van der Waals surface area contributed by atoms with Gasteiger partial charge < -0.3 is 15.0 Å². The Morgan fingerprint density at radius 3 is 2.44 bits per heavy atom. The number of ketones is 1. The van der Waals surface area contributed by atoms with E-state index in [2.05, 4.69) is 10.0 Å². The molecule has 1 atom stereocenters. The van der Waals surface area contributed by atoms with Crippen molar-refractivity contribution in [2.75, 3.05) is 11.9 Å². The summed E-state index contributed by atoms with van der Waals surface area (Å²) in [5.74, 6) is -0.167. The molecule has 0 aliphatic rings. The molecule has 0 amide bonds. The predicted octanol–water partition coefficient (Wildman–Crippen LogP) is 5.36. The number of benzene rings is 3. The molecule has 3 aromatic carbocycles. The average molecular weight is 469 g/mol. The van der Waals surface area contributed by atoms with Crippen molar-refractivity contribution < 1.29 is 14.5 Å². The van der Waals surface area contributed by atoms with Crippen LogP contribution in [0, 0.1) is 0 Å². The first-order valence-electron chi connectivity index (χ1n) is 10.0. The van der Waals surface area contributed by atoms with Crippen molar-refractivity contribution in [3.63, 3.8) is 0 Å². The number of hydrogen-bond donors (Lipinski definition) is 3. The lowest BCUT2D eigenvalue weighted by molar-refractivity contribution is 0.0857. The largest absolute Gasteiger partial charge is 0.593 e. The third-order valence-corrected chi connectivity index (χ3v) is 5.80. The van der Waals surface area contributed by atoms with Gasteiger partial charge in [-0.15, -0.1) is 4.72 Å². The average Bonchev–Trinajstić information content (AvgIpc) is 2.76. The van der Waals surface area contributed by atoms with E-state index >= 15 is 0 Å². The minimum atomic E-state index is -1.43. The first kappa shape index (κ1) is 24.0. The third-order valence-electron chi connectivity index (χ3n) is 4.46. The molecular weight excluding hydrogens is 444 g/mol. The van der Waals surface area contributed by atoms with Crippen LogP contribution in [-0.2, 0) is 11.4 Å². The second-order valence-electron chi connectivity index (χ2n) is 7.85. The minimum absolute atomic E-state index is 0.167. The van der Waals surface area contributed by atoms with Crippen LogP contribution in [0.2, 0.25) is 5.02 Å². The summed E-state index contributed by atoms with van der Waals surface area (Å²) >= 11 is 4.71. The topological polar surface area (TPSA) is 84.4 Å². The quantitative estimate of drug-likeness (QED) is 0.223. The number of nitrogens with one attached hydrogen (secondary N) is 2. The first-order valence-corrected chi connectivity index (χ1v) is 11.6. The Kier molecular flexibility index (Phi) is 8.12. The van der Waals surface area contributed by atoms with E-state index in [4.69, 9.17) is 11.6 Å². The fourth-order valence-electron chi connectivity index (χ4n) is 2.80. The standard InChI is InChI=1S/C25H25ClN2O3S/c1-25(2,30)17-27-32(31)21-12-8-18(9-13-21)10-15-24(29)22-14-11-19(26)16-23(22)28-20-6-4-3-5-7-20/h3-16,27-28,30H,17H2,1-2H3/b15-10+. The smallest absolute Gasteiger partial charge is 0.187 e. The predicted molar refractivity (Wildman–Crippen MR) is 132 cm³/mol. The molecule has 0 aliphatic heterocycles. The molecular formula is C25H25ClN2O3S. The molecule has 0 heterocycles. The van der Waals surface area contributed by atoms with Gasteiger partial charge in [0.2, 0.25) is 0 Å². The van der Waals surface area contributed by atoms with Gasteiger partial charge in [0.15, 0.2) is 10.7 Å². The summed E-state index contributed by atoms with van der Waals surface area (Å²) in [6, 6.07) is 21.7. The molecule has 0 bridgehead atoms. The van der Waals surface area contributed by atoms with E-state index < -0.39 is 17.0 Å². The Balaban J connectivity index is 1.70. The lowest BCUT2D eigenvalue weighted by Crippen LogP contribution is -2.38. The summed E-state index contributed by atoms with van der Waals surface area (Å²) in [7, 11) is 0. The van der Waals surface area contributed by atoms with Gasteiger partial charge in [-0.25, -0.2) is 0 Å². The van der Waals surface area contributed by atoms with Gasteiger partial charge in [-0.05, 0) is 80.1 Å². The first-order chi connectivity index (χ1) is 15.2. The van der Waals surface area contributed by atoms with Crippen molar-refractivity contribution in [1.82, 2.24) is 4.72 Å². The highest BCUT2D eigenvalue weighted by Gasteiger charge is 2.18. The Morgan fingerprint density at radius 2 is 1.78 bits per heavy atom. The van der Waals surface area contributed by atoms with Crippen LogP contribution >= 0.6 is 11.6 Å². The van der Waals surface area contributed by atoms with Gasteiger partial charge in [0.05, 0.1) is 29.2 Å². The summed E-state index contributed by atoms with van der Waals surface area (Å²) in [5, 5.41) is 13.5. The molecule has 166 valence electrons. The van der Waals surface area contributed by atoms with E-state index in [1.807, 2.05) is 30.3 Å². The molecule has 0 radical (unpaired) electrons. The summed E-state index contributed by atoms with van der Waals surface area (Å²) in [6.07, 6.45) is 3.21. The van der Waals surface area contributed by atoms with Gasteiger partial charge in [0.1, 0.15) is 0 Å². The number of aliphatic hydroxyl groups is 1. The van der Waals surface area contributed by atoms with Crippen LogP contribution in [-0.4, -0.2) is 27.6 Å². The normalized spacial score (nSPS) is 12.7. The number of hydrogen-bond acceptors (Lipinski definition) is 5. The van der Waals surface area contributed by atoms with Crippen molar-refractivity contribution in [3.05, 3.63) is 95.0 Å². The molecule has 3 rings (SSSR count). The SMILES string of the molecule is CC(C)(O)CN[S+]([O-])c1ccc(/C=C/C(=O)c2ccc(Cl)cc2Nc2ccccc2)cc1. The van der Waals surface area contributed by atoms with Crippen molar-refractivity contribution in [3.8, 4) is 0 Å². The molecule has 32 heavy (non-hydrogen) atoms.